The highest BCUT2D eigenvalue weighted by Gasteiger charge is 2.26. The Labute approximate surface area is 103 Å². The Bertz CT molecular complexity index is 236. The fourth-order valence-electron chi connectivity index (χ4n) is 1.71. The van der Waals surface area contributed by atoms with Crippen LogP contribution < -0.4 is 5.73 Å². The molecule has 0 fully saturated rings. The molecule has 0 rings (SSSR count). The molecule has 0 aliphatic carbocycles. The topological polar surface area (TPSA) is 83.6 Å². The van der Waals surface area contributed by atoms with Crippen molar-refractivity contribution in [1.82, 2.24) is 4.90 Å². The Hall–Kier alpha value is -1.10. The second-order valence-electron chi connectivity index (χ2n) is 4.27. The Morgan fingerprint density at radius 2 is 1.65 bits per heavy atom. The molecule has 0 bridgehead atoms. The van der Waals surface area contributed by atoms with Gasteiger partial charge in [-0.05, 0) is 25.9 Å². The molecule has 0 radical (unpaired) electrons. The Kier molecular flexibility index (Phi) is 8.40. The van der Waals surface area contributed by atoms with Gasteiger partial charge in [-0.3, -0.25) is 14.5 Å². The summed E-state index contributed by atoms with van der Waals surface area (Å²) >= 11 is 0. The third-order valence-corrected chi connectivity index (χ3v) is 2.72. The third-order valence-electron chi connectivity index (χ3n) is 2.72. The molecule has 5 nitrogen and oxygen atoms in total. The SMILES string of the molecule is CCCCN(CCCC)[C@@H](CC(N)=O)C(=O)O. The van der Waals surface area contributed by atoms with E-state index in [2.05, 4.69) is 13.8 Å². The van der Waals surface area contributed by atoms with Crippen LogP contribution in [0.25, 0.3) is 0 Å². The van der Waals surface area contributed by atoms with E-state index in [0.717, 1.165) is 25.7 Å². The number of rotatable bonds is 10. The van der Waals surface area contributed by atoms with Crippen molar-refractivity contribution in [2.24, 2.45) is 5.73 Å². The van der Waals surface area contributed by atoms with E-state index in [-0.39, 0.29) is 6.42 Å². The van der Waals surface area contributed by atoms with Crippen LogP contribution >= 0.6 is 0 Å². The van der Waals surface area contributed by atoms with Gasteiger partial charge in [0.25, 0.3) is 0 Å². The molecule has 100 valence electrons. The van der Waals surface area contributed by atoms with Gasteiger partial charge in [0, 0.05) is 0 Å². The van der Waals surface area contributed by atoms with E-state index in [1.54, 1.807) is 0 Å². The normalized spacial score (nSPS) is 12.6. The summed E-state index contributed by atoms with van der Waals surface area (Å²) in [6.07, 6.45) is 3.78. The molecular formula is C12H24N2O3. The van der Waals surface area contributed by atoms with Gasteiger partial charge < -0.3 is 10.8 Å². The van der Waals surface area contributed by atoms with E-state index in [0.29, 0.717) is 13.1 Å². The number of carbonyl (C=O) groups excluding carboxylic acids is 1. The largest absolute Gasteiger partial charge is 0.480 e. The molecule has 0 aliphatic heterocycles. The van der Waals surface area contributed by atoms with Gasteiger partial charge in [-0.1, -0.05) is 26.7 Å². The predicted octanol–water partition coefficient (Wildman–Crippen LogP) is 1.22. The molecule has 0 aliphatic rings. The highest BCUT2D eigenvalue weighted by molar-refractivity contribution is 5.83. The number of hydrogen-bond acceptors (Lipinski definition) is 3. The lowest BCUT2D eigenvalue weighted by Crippen LogP contribution is -2.44. The summed E-state index contributed by atoms with van der Waals surface area (Å²) in [4.78, 5) is 23.9. The zero-order valence-corrected chi connectivity index (χ0v) is 10.8. The highest BCUT2D eigenvalue weighted by Crippen LogP contribution is 2.09. The Morgan fingerprint density at radius 3 is 1.94 bits per heavy atom. The quantitative estimate of drug-likeness (QED) is 0.605. The molecule has 0 aromatic rings. The van der Waals surface area contributed by atoms with Crippen LogP contribution in [-0.2, 0) is 9.59 Å². The average Bonchev–Trinajstić information content (AvgIpc) is 2.26. The van der Waals surface area contributed by atoms with Crippen molar-refractivity contribution in [2.75, 3.05) is 13.1 Å². The number of nitrogens with zero attached hydrogens (tertiary/aromatic N) is 1. The van der Waals surface area contributed by atoms with E-state index in [4.69, 9.17) is 10.8 Å². The summed E-state index contributed by atoms with van der Waals surface area (Å²) in [6.45, 7) is 5.53. The minimum atomic E-state index is -0.962. The molecule has 0 saturated carbocycles. The van der Waals surface area contributed by atoms with Crippen LogP contribution in [0.15, 0.2) is 0 Å². The maximum atomic E-state index is 11.2. The first-order valence-corrected chi connectivity index (χ1v) is 6.28. The van der Waals surface area contributed by atoms with Gasteiger partial charge in [0.2, 0.25) is 5.91 Å². The predicted molar refractivity (Wildman–Crippen MR) is 66.6 cm³/mol. The van der Waals surface area contributed by atoms with Crippen molar-refractivity contribution in [3.8, 4) is 0 Å². The summed E-state index contributed by atoms with van der Waals surface area (Å²) < 4.78 is 0. The van der Waals surface area contributed by atoms with E-state index in [1.807, 2.05) is 4.90 Å². The molecule has 5 heteroatoms. The number of nitrogens with two attached hydrogens (primary N) is 1. The van der Waals surface area contributed by atoms with Crippen LogP contribution in [0.4, 0.5) is 0 Å². The molecule has 0 saturated heterocycles. The maximum absolute atomic E-state index is 11.2. The molecule has 1 atom stereocenters. The number of unbranched alkanes of at least 4 members (excludes halogenated alkanes) is 2. The smallest absolute Gasteiger partial charge is 0.321 e. The standard InChI is InChI=1S/C12H24N2O3/c1-3-5-7-14(8-6-4-2)10(12(16)17)9-11(13)15/h10H,3-9H2,1-2H3,(H2,13,15)(H,16,17)/t10-/m0/s1. The molecule has 3 N–H and O–H groups in total. The van der Waals surface area contributed by atoms with Crippen molar-refractivity contribution < 1.29 is 14.7 Å². The van der Waals surface area contributed by atoms with Crippen molar-refractivity contribution in [3.63, 3.8) is 0 Å². The number of primary amides is 1. The fourth-order valence-corrected chi connectivity index (χ4v) is 1.71. The number of hydrogen-bond donors (Lipinski definition) is 2. The number of amides is 1. The molecule has 17 heavy (non-hydrogen) atoms. The number of carboxylic acids is 1. The van der Waals surface area contributed by atoms with Crippen LogP contribution in [0.1, 0.15) is 46.0 Å². The van der Waals surface area contributed by atoms with Crippen molar-refractivity contribution in [2.45, 2.75) is 52.0 Å². The average molecular weight is 244 g/mol. The molecule has 0 heterocycles. The van der Waals surface area contributed by atoms with Crippen LogP contribution in [-0.4, -0.2) is 41.0 Å². The fraction of sp³-hybridized carbons (Fsp3) is 0.833. The van der Waals surface area contributed by atoms with Crippen LogP contribution in [0.2, 0.25) is 0 Å². The van der Waals surface area contributed by atoms with Gasteiger partial charge in [-0.2, -0.15) is 0 Å². The van der Waals surface area contributed by atoms with Crippen LogP contribution in [0.5, 0.6) is 0 Å². The summed E-state index contributed by atoms with van der Waals surface area (Å²) in [7, 11) is 0. The molecule has 0 aromatic heterocycles. The van der Waals surface area contributed by atoms with Crippen LogP contribution in [0.3, 0.4) is 0 Å². The first kappa shape index (κ1) is 15.9. The van der Waals surface area contributed by atoms with Crippen molar-refractivity contribution in [3.05, 3.63) is 0 Å². The second-order valence-corrected chi connectivity index (χ2v) is 4.27. The van der Waals surface area contributed by atoms with Gasteiger partial charge in [0.15, 0.2) is 0 Å². The van der Waals surface area contributed by atoms with E-state index in [1.165, 1.54) is 0 Å². The molecule has 1 amide bonds. The monoisotopic (exact) mass is 244 g/mol. The minimum absolute atomic E-state index is 0.108. The van der Waals surface area contributed by atoms with Gasteiger partial charge in [0.1, 0.15) is 6.04 Å². The zero-order valence-electron chi connectivity index (χ0n) is 10.8. The lowest BCUT2D eigenvalue weighted by Gasteiger charge is -2.27. The van der Waals surface area contributed by atoms with Crippen molar-refractivity contribution in [1.29, 1.82) is 0 Å². The van der Waals surface area contributed by atoms with E-state index in [9.17, 15) is 9.59 Å². The first-order valence-electron chi connectivity index (χ1n) is 6.28. The first-order chi connectivity index (χ1) is 8.02. The number of carbonyl (C=O) groups is 2. The van der Waals surface area contributed by atoms with Crippen LogP contribution in [0, 0.1) is 0 Å². The Morgan fingerprint density at radius 1 is 1.18 bits per heavy atom. The van der Waals surface area contributed by atoms with Gasteiger partial charge in [-0.15, -0.1) is 0 Å². The maximum Gasteiger partial charge on any atom is 0.321 e. The summed E-state index contributed by atoms with van der Waals surface area (Å²) in [5, 5.41) is 9.14. The van der Waals surface area contributed by atoms with Gasteiger partial charge >= 0.3 is 5.97 Å². The summed E-state index contributed by atoms with van der Waals surface area (Å²) in [5.74, 6) is -1.52. The minimum Gasteiger partial charge on any atom is -0.480 e. The third kappa shape index (κ3) is 6.94. The van der Waals surface area contributed by atoms with Crippen molar-refractivity contribution >= 4 is 11.9 Å². The van der Waals surface area contributed by atoms with E-state index >= 15 is 0 Å². The lowest BCUT2D eigenvalue weighted by molar-refractivity contribution is -0.145. The summed E-state index contributed by atoms with van der Waals surface area (Å²) in [5.41, 5.74) is 5.10. The Balaban J connectivity index is 4.54. The second kappa shape index (κ2) is 8.98. The molecule has 0 spiro atoms. The zero-order chi connectivity index (χ0) is 13.3. The number of aliphatic carboxylic acids is 1. The number of carboxylic acid groups (broad SMARTS) is 1. The molecular weight excluding hydrogens is 220 g/mol. The summed E-state index contributed by atoms with van der Waals surface area (Å²) in [6, 6.07) is -0.773. The van der Waals surface area contributed by atoms with Gasteiger partial charge in [0.05, 0.1) is 6.42 Å². The molecule has 0 unspecified atom stereocenters. The highest BCUT2D eigenvalue weighted by atomic mass is 16.4. The van der Waals surface area contributed by atoms with Gasteiger partial charge in [-0.25, -0.2) is 0 Å². The lowest BCUT2D eigenvalue weighted by atomic mass is 10.1. The molecule has 0 aromatic carbocycles. The van der Waals surface area contributed by atoms with E-state index < -0.39 is 17.9 Å².